The average molecular weight is 412 g/mol. The van der Waals surface area contributed by atoms with Gasteiger partial charge in [-0.1, -0.05) is 6.92 Å². The molecule has 1 aromatic carbocycles. The van der Waals surface area contributed by atoms with E-state index in [0.717, 1.165) is 68.4 Å². The number of aromatic nitrogens is 2. The molecule has 8 nitrogen and oxygen atoms in total. The molecule has 1 aromatic heterocycles. The van der Waals surface area contributed by atoms with Gasteiger partial charge in [0, 0.05) is 43.9 Å². The first kappa shape index (κ1) is 20.3. The minimum Gasteiger partial charge on any atom is -0.454 e. The van der Waals surface area contributed by atoms with E-state index in [1.165, 1.54) is 0 Å². The normalized spacial score (nSPS) is 15.8. The number of carbonyl (C=O) groups is 1. The summed E-state index contributed by atoms with van der Waals surface area (Å²) >= 11 is 0. The number of ether oxygens (including phenoxy) is 2. The van der Waals surface area contributed by atoms with E-state index >= 15 is 0 Å². The first-order valence-electron chi connectivity index (χ1n) is 10.7. The molecule has 0 radical (unpaired) electrons. The summed E-state index contributed by atoms with van der Waals surface area (Å²) in [6.07, 6.45) is 6.25. The predicted molar refractivity (Wildman–Crippen MR) is 116 cm³/mol. The largest absolute Gasteiger partial charge is 0.454 e. The van der Waals surface area contributed by atoms with Gasteiger partial charge in [-0.25, -0.2) is 9.97 Å². The topological polar surface area (TPSA) is 88.6 Å². The van der Waals surface area contributed by atoms with Gasteiger partial charge in [0.2, 0.25) is 12.7 Å². The molecule has 30 heavy (non-hydrogen) atoms. The van der Waals surface area contributed by atoms with Crippen molar-refractivity contribution in [2.24, 2.45) is 5.92 Å². The van der Waals surface area contributed by atoms with Crippen molar-refractivity contribution in [1.29, 1.82) is 0 Å². The average Bonchev–Trinajstić information content (AvgIpc) is 3.25. The SMILES string of the molecule is CCCNc1cc(N2CCC(CCC(=O)Nc3ccc4c(c3)OCO4)CC2)ncn1. The number of benzene rings is 1. The van der Waals surface area contributed by atoms with Crippen molar-refractivity contribution < 1.29 is 14.3 Å². The molecule has 2 aliphatic heterocycles. The number of carbonyl (C=O) groups excluding carboxylic acids is 1. The third-order valence-corrected chi connectivity index (χ3v) is 5.58. The maximum atomic E-state index is 12.3. The van der Waals surface area contributed by atoms with Gasteiger partial charge in [0.1, 0.15) is 18.0 Å². The van der Waals surface area contributed by atoms with Gasteiger partial charge in [-0.15, -0.1) is 0 Å². The zero-order chi connectivity index (χ0) is 20.8. The van der Waals surface area contributed by atoms with Gasteiger partial charge in [-0.3, -0.25) is 4.79 Å². The van der Waals surface area contributed by atoms with E-state index in [4.69, 9.17) is 9.47 Å². The molecule has 3 heterocycles. The molecule has 1 saturated heterocycles. The lowest BCUT2D eigenvalue weighted by molar-refractivity contribution is -0.116. The summed E-state index contributed by atoms with van der Waals surface area (Å²) in [6.45, 7) is 5.19. The summed E-state index contributed by atoms with van der Waals surface area (Å²) < 4.78 is 10.7. The Balaban J connectivity index is 1.21. The van der Waals surface area contributed by atoms with Crippen LogP contribution in [0.4, 0.5) is 17.3 Å². The summed E-state index contributed by atoms with van der Waals surface area (Å²) in [6, 6.07) is 7.50. The van der Waals surface area contributed by atoms with E-state index in [1.807, 2.05) is 24.3 Å². The number of nitrogens with zero attached hydrogens (tertiary/aromatic N) is 3. The summed E-state index contributed by atoms with van der Waals surface area (Å²) in [5.41, 5.74) is 0.746. The summed E-state index contributed by atoms with van der Waals surface area (Å²) in [5.74, 6) is 3.85. The molecular formula is C22H29N5O3. The van der Waals surface area contributed by atoms with Crippen molar-refractivity contribution >= 4 is 23.2 Å². The number of anilines is 3. The Bertz CT molecular complexity index is 868. The molecule has 160 valence electrons. The second kappa shape index (κ2) is 9.65. The second-order valence-electron chi connectivity index (χ2n) is 7.77. The summed E-state index contributed by atoms with van der Waals surface area (Å²) in [5, 5.41) is 6.27. The third kappa shape index (κ3) is 5.11. The number of nitrogens with one attached hydrogen (secondary N) is 2. The third-order valence-electron chi connectivity index (χ3n) is 5.58. The van der Waals surface area contributed by atoms with Crippen LogP contribution in [-0.2, 0) is 4.79 Å². The maximum Gasteiger partial charge on any atom is 0.231 e. The second-order valence-corrected chi connectivity index (χ2v) is 7.77. The van der Waals surface area contributed by atoms with Gasteiger partial charge in [0.15, 0.2) is 11.5 Å². The van der Waals surface area contributed by atoms with Crippen LogP contribution >= 0.6 is 0 Å². The van der Waals surface area contributed by atoms with Crippen LogP contribution in [0, 0.1) is 5.92 Å². The van der Waals surface area contributed by atoms with E-state index in [1.54, 1.807) is 6.33 Å². The number of hydrogen-bond donors (Lipinski definition) is 2. The number of rotatable bonds is 8. The lowest BCUT2D eigenvalue weighted by Gasteiger charge is -2.32. The number of piperidine rings is 1. The standard InChI is InChI=1S/C22H29N5O3/c1-2-9-23-20-13-21(25-14-24-20)27-10-7-16(8-11-27)3-6-22(28)26-17-4-5-18-19(12-17)30-15-29-18/h4-5,12-14,16H,2-3,6-11,15H2,1H3,(H,26,28)(H,23,24,25). The first-order valence-corrected chi connectivity index (χ1v) is 10.7. The lowest BCUT2D eigenvalue weighted by atomic mass is 9.92. The van der Waals surface area contributed by atoms with Crippen LogP contribution in [0.2, 0.25) is 0 Å². The fourth-order valence-corrected chi connectivity index (χ4v) is 3.85. The molecule has 0 spiro atoms. The predicted octanol–water partition coefficient (Wildman–Crippen LogP) is 3.66. The lowest BCUT2D eigenvalue weighted by Crippen LogP contribution is -2.34. The number of fused-ring (bicyclic) bond motifs is 1. The highest BCUT2D eigenvalue weighted by Crippen LogP contribution is 2.34. The van der Waals surface area contributed by atoms with Crippen molar-refractivity contribution in [1.82, 2.24) is 9.97 Å². The molecule has 0 aliphatic carbocycles. The van der Waals surface area contributed by atoms with E-state index in [-0.39, 0.29) is 12.7 Å². The molecule has 1 fully saturated rings. The van der Waals surface area contributed by atoms with Crippen molar-refractivity contribution in [2.45, 2.75) is 39.0 Å². The Morgan fingerprint density at radius 3 is 2.83 bits per heavy atom. The molecule has 4 rings (SSSR count). The molecule has 2 aromatic rings. The Labute approximate surface area is 177 Å². The van der Waals surface area contributed by atoms with E-state index in [9.17, 15) is 4.79 Å². The van der Waals surface area contributed by atoms with Gasteiger partial charge in [-0.05, 0) is 43.7 Å². The molecule has 1 amide bonds. The highest BCUT2D eigenvalue weighted by atomic mass is 16.7. The van der Waals surface area contributed by atoms with Crippen LogP contribution in [-0.4, -0.2) is 42.3 Å². The monoisotopic (exact) mass is 411 g/mol. The van der Waals surface area contributed by atoms with Gasteiger partial charge in [-0.2, -0.15) is 0 Å². The highest BCUT2D eigenvalue weighted by Gasteiger charge is 2.21. The van der Waals surface area contributed by atoms with E-state index < -0.39 is 0 Å². The Hall–Kier alpha value is -3.03. The molecule has 0 saturated carbocycles. The van der Waals surface area contributed by atoms with Gasteiger partial charge >= 0.3 is 0 Å². The molecule has 0 unspecified atom stereocenters. The zero-order valence-corrected chi connectivity index (χ0v) is 17.4. The summed E-state index contributed by atoms with van der Waals surface area (Å²) in [7, 11) is 0. The number of amides is 1. The van der Waals surface area contributed by atoms with E-state index in [0.29, 0.717) is 18.1 Å². The van der Waals surface area contributed by atoms with Gasteiger partial charge < -0.3 is 25.0 Å². The van der Waals surface area contributed by atoms with Crippen LogP contribution in [0.1, 0.15) is 39.0 Å². The quantitative estimate of drug-likeness (QED) is 0.685. The van der Waals surface area contributed by atoms with Crippen molar-refractivity contribution in [2.75, 3.05) is 42.0 Å². The molecule has 2 aliphatic rings. The highest BCUT2D eigenvalue weighted by molar-refractivity contribution is 5.91. The molecular weight excluding hydrogens is 382 g/mol. The van der Waals surface area contributed by atoms with E-state index in [2.05, 4.69) is 32.4 Å². The molecule has 0 atom stereocenters. The van der Waals surface area contributed by atoms with Crippen molar-refractivity contribution in [3.8, 4) is 11.5 Å². The van der Waals surface area contributed by atoms with Crippen molar-refractivity contribution in [3.63, 3.8) is 0 Å². The minimum absolute atomic E-state index is 0.0405. The minimum atomic E-state index is 0.0405. The van der Waals surface area contributed by atoms with Crippen LogP contribution in [0.3, 0.4) is 0 Å². The van der Waals surface area contributed by atoms with Crippen LogP contribution in [0.15, 0.2) is 30.6 Å². The van der Waals surface area contributed by atoms with Gasteiger partial charge in [0.25, 0.3) is 0 Å². The Morgan fingerprint density at radius 2 is 2.00 bits per heavy atom. The summed E-state index contributed by atoms with van der Waals surface area (Å²) in [4.78, 5) is 23.4. The molecule has 0 bridgehead atoms. The van der Waals surface area contributed by atoms with Gasteiger partial charge in [0.05, 0.1) is 0 Å². The molecule has 8 heteroatoms. The van der Waals surface area contributed by atoms with Crippen LogP contribution in [0.25, 0.3) is 0 Å². The fraction of sp³-hybridized carbons (Fsp3) is 0.500. The maximum absolute atomic E-state index is 12.3. The Kier molecular flexibility index (Phi) is 6.51. The zero-order valence-electron chi connectivity index (χ0n) is 17.4. The first-order chi connectivity index (χ1) is 14.7. The Morgan fingerprint density at radius 1 is 1.17 bits per heavy atom. The van der Waals surface area contributed by atoms with Crippen molar-refractivity contribution in [3.05, 3.63) is 30.6 Å². The van der Waals surface area contributed by atoms with Crippen LogP contribution < -0.4 is 25.0 Å². The van der Waals surface area contributed by atoms with Crippen LogP contribution in [0.5, 0.6) is 11.5 Å². The number of hydrogen-bond acceptors (Lipinski definition) is 7. The fourth-order valence-electron chi connectivity index (χ4n) is 3.85. The smallest absolute Gasteiger partial charge is 0.231 e. The molecule has 2 N–H and O–H groups in total.